The average molecular weight is 273 g/mol. The summed E-state index contributed by atoms with van der Waals surface area (Å²) in [5.41, 5.74) is 1.04. The second-order valence-corrected chi connectivity index (χ2v) is 4.81. The Morgan fingerprint density at radius 2 is 2.35 bits per heavy atom. The second-order valence-electron chi connectivity index (χ2n) is 4.81. The fourth-order valence-electron chi connectivity index (χ4n) is 2.24. The van der Waals surface area contributed by atoms with Gasteiger partial charge in [0.15, 0.2) is 6.61 Å². The van der Waals surface area contributed by atoms with Crippen molar-refractivity contribution in [2.75, 3.05) is 13.2 Å². The van der Waals surface area contributed by atoms with Crippen LogP contribution in [0.4, 0.5) is 0 Å². The van der Waals surface area contributed by atoms with E-state index in [9.17, 15) is 4.79 Å². The van der Waals surface area contributed by atoms with Gasteiger partial charge in [0.2, 0.25) is 5.91 Å². The highest BCUT2D eigenvalue weighted by atomic mass is 16.5. The highest BCUT2D eigenvalue weighted by Crippen LogP contribution is 2.14. The molecule has 0 bridgehead atoms. The summed E-state index contributed by atoms with van der Waals surface area (Å²) in [5.74, 6) is 0.760. The van der Waals surface area contributed by atoms with E-state index in [4.69, 9.17) is 10.00 Å². The quantitative estimate of drug-likeness (QED) is 0.849. The van der Waals surface area contributed by atoms with Crippen molar-refractivity contribution < 1.29 is 9.53 Å². The number of nitrogens with one attached hydrogen (secondary N) is 2. The number of carbonyl (C=O) groups excluding carboxylic acids is 1. The number of hydrogen-bond donors (Lipinski definition) is 2. The number of amides is 1. The molecule has 0 radical (unpaired) electrons. The van der Waals surface area contributed by atoms with Crippen LogP contribution in [0.1, 0.15) is 24.8 Å². The van der Waals surface area contributed by atoms with E-state index < -0.39 is 0 Å². The van der Waals surface area contributed by atoms with E-state index in [1.807, 2.05) is 30.3 Å². The molecule has 1 aliphatic rings. The van der Waals surface area contributed by atoms with Crippen LogP contribution in [0.3, 0.4) is 0 Å². The molecule has 2 N–H and O–H groups in total. The van der Waals surface area contributed by atoms with Gasteiger partial charge in [0, 0.05) is 13.1 Å². The van der Waals surface area contributed by atoms with Crippen LogP contribution in [0, 0.1) is 11.3 Å². The molecule has 1 atom stereocenters. The zero-order valence-corrected chi connectivity index (χ0v) is 11.4. The topological polar surface area (TPSA) is 74.2 Å². The Hall–Kier alpha value is -2.06. The number of benzene rings is 1. The average Bonchev–Trinajstić information content (AvgIpc) is 2.68. The van der Waals surface area contributed by atoms with Crippen molar-refractivity contribution in [3.05, 3.63) is 29.8 Å². The summed E-state index contributed by atoms with van der Waals surface area (Å²) in [7, 11) is 0. The SMILES string of the molecule is N#CCOc1cccc(CNC2CCCCNC2=O)c1. The van der Waals surface area contributed by atoms with Crippen LogP contribution in [0.5, 0.6) is 5.75 Å². The van der Waals surface area contributed by atoms with Crippen LogP contribution < -0.4 is 15.4 Å². The predicted octanol–water partition coefficient (Wildman–Crippen LogP) is 1.35. The molecule has 1 unspecified atom stereocenters. The van der Waals surface area contributed by atoms with Gasteiger partial charge in [0.1, 0.15) is 11.8 Å². The molecule has 1 aromatic carbocycles. The van der Waals surface area contributed by atoms with Crippen molar-refractivity contribution in [1.29, 1.82) is 5.26 Å². The van der Waals surface area contributed by atoms with Crippen molar-refractivity contribution in [3.63, 3.8) is 0 Å². The maximum Gasteiger partial charge on any atom is 0.237 e. The monoisotopic (exact) mass is 273 g/mol. The van der Waals surface area contributed by atoms with Crippen molar-refractivity contribution in [2.45, 2.75) is 31.8 Å². The fourth-order valence-corrected chi connectivity index (χ4v) is 2.24. The molecule has 5 heteroatoms. The molecule has 0 aliphatic carbocycles. The zero-order valence-electron chi connectivity index (χ0n) is 11.4. The summed E-state index contributed by atoms with van der Waals surface area (Å²) >= 11 is 0. The highest BCUT2D eigenvalue weighted by Gasteiger charge is 2.19. The molecule has 1 heterocycles. The molecule has 0 aromatic heterocycles. The first-order chi connectivity index (χ1) is 9.79. The van der Waals surface area contributed by atoms with Crippen molar-refractivity contribution in [3.8, 4) is 11.8 Å². The van der Waals surface area contributed by atoms with Gasteiger partial charge in [-0.2, -0.15) is 5.26 Å². The molecule has 1 amide bonds. The Kier molecular flexibility index (Phi) is 5.39. The van der Waals surface area contributed by atoms with Gasteiger partial charge < -0.3 is 15.4 Å². The van der Waals surface area contributed by atoms with Gasteiger partial charge in [0.05, 0.1) is 6.04 Å². The first-order valence-corrected chi connectivity index (χ1v) is 6.89. The van der Waals surface area contributed by atoms with Crippen LogP contribution in [0.15, 0.2) is 24.3 Å². The van der Waals surface area contributed by atoms with Crippen LogP contribution in [0.25, 0.3) is 0 Å². The molecule has 0 saturated carbocycles. The van der Waals surface area contributed by atoms with Crippen LogP contribution >= 0.6 is 0 Å². The van der Waals surface area contributed by atoms with Gasteiger partial charge in [-0.15, -0.1) is 0 Å². The minimum absolute atomic E-state index is 0.0436. The molecule has 1 aliphatic heterocycles. The summed E-state index contributed by atoms with van der Waals surface area (Å²) in [6.07, 6.45) is 2.97. The van der Waals surface area contributed by atoms with Crippen molar-refractivity contribution in [2.24, 2.45) is 0 Å². The maximum absolute atomic E-state index is 11.8. The Morgan fingerprint density at radius 1 is 1.45 bits per heavy atom. The summed E-state index contributed by atoms with van der Waals surface area (Å²) in [6.45, 7) is 1.43. The third kappa shape index (κ3) is 4.25. The number of nitriles is 1. The van der Waals surface area contributed by atoms with Gasteiger partial charge in [-0.3, -0.25) is 4.79 Å². The van der Waals surface area contributed by atoms with Gasteiger partial charge in [-0.25, -0.2) is 0 Å². The first kappa shape index (κ1) is 14.4. The van der Waals surface area contributed by atoms with Gasteiger partial charge in [-0.05, 0) is 37.0 Å². The second kappa shape index (κ2) is 7.51. The van der Waals surface area contributed by atoms with Crippen LogP contribution in [-0.4, -0.2) is 25.1 Å². The summed E-state index contributed by atoms with van der Waals surface area (Å²) < 4.78 is 5.26. The van der Waals surface area contributed by atoms with E-state index in [0.29, 0.717) is 12.3 Å². The predicted molar refractivity (Wildman–Crippen MR) is 75.0 cm³/mol. The molecule has 2 rings (SSSR count). The number of carbonyl (C=O) groups is 1. The normalized spacial score (nSPS) is 18.8. The molecule has 106 valence electrons. The van der Waals surface area contributed by atoms with Gasteiger partial charge >= 0.3 is 0 Å². The molecule has 0 spiro atoms. The summed E-state index contributed by atoms with van der Waals surface area (Å²) in [4.78, 5) is 11.8. The Bertz CT molecular complexity index is 496. The molecular formula is C15H19N3O2. The Morgan fingerprint density at radius 3 is 3.20 bits per heavy atom. The molecule has 20 heavy (non-hydrogen) atoms. The van der Waals surface area contributed by atoms with E-state index >= 15 is 0 Å². The highest BCUT2D eigenvalue weighted by molar-refractivity contribution is 5.81. The zero-order chi connectivity index (χ0) is 14.2. The summed E-state index contributed by atoms with van der Waals surface area (Å²) in [6, 6.07) is 9.38. The standard InChI is InChI=1S/C15H19N3O2/c16-7-9-20-13-5-3-4-12(10-13)11-18-14-6-1-2-8-17-15(14)19/h3-5,10,14,18H,1-2,6,8-9,11H2,(H,17,19). The lowest BCUT2D eigenvalue weighted by Crippen LogP contribution is -2.42. The molecule has 1 fully saturated rings. The van der Waals surface area contributed by atoms with Crippen LogP contribution in [0.2, 0.25) is 0 Å². The number of hydrogen-bond acceptors (Lipinski definition) is 4. The lowest BCUT2D eigenvalue weighted by Gasteiger charge is -2.15. The molecule has 1 saturated heterocycles. The molecule has 5 nitrogen and oxygen atoms in total. The smallest absolute Gasteiger partial charge is 0.237 e. The lowest BCUT2D eigenvalue weighted by atomic mass is 10.1. The van der Waals surface area contributed by atoms with E-state index in [2.05, 4.69) is 10.6 Å². The van der Waals surface area contributed by atoms with E-state index in [-0.39, 0.29) is 18.6 Å². The maximum atomic E-state index is 11.8. The van der Waals surface area contributed by atoms with Crippen LogP contribution in [-0.2, 0) is 11.3 Å². The van der Waals surface area contributed by atoms with Gasteiger partial charge in [-0.1, -0.05) is 12.1 Å². The Balaban J connectivity index is 1.89. The van der Waals surface area contributed by atoms with E-state index in [0.717, 1.165) is 31.4 Å². The van der Waals surface area contributed by atoms with E-state index in [1.165, 1.54) is 0 Å². The number of nitrogens with zero attached hydrogens (tertiary/aromatic N) is 1. The van der Waals surface area contributed by atoms with Crippen molar-refractivity contribution >= 4 is 5.91 Å². The third-order valence-corrected chi connectivity index (χ3v) is 3.29. The fraction of sp³-hybridized carbons (Fsp3) is 0.467. The van der Waals surface area contributed by atoms with Crippen molar-refractivity contribution in [1.82, 2.24) is 10.6 Å². The number of rotatable bonds is 5. The first-order valence-electron chi connectivity index (χ1n) is 6.89. The molecule has 1 aromatic rings. The Labute approximate surface area is 118 Å². The largest absolute Gasteiger partial charge is 0.479 e. The van der Waals surface area contributed by atoms with Gasteiger partial charge in [0.25, 0.3) is 0 Å². The summed E-state index contributed by atoms with van der Waals surface area (Å²) in [5, 5.41) is 14.7. The van der Waals surface area contributed by atoms with E-state index in [1.54, 1.807) is 0 Å². The minimum Gasteiger partial charge on any atom is -0.479 e. The third-order valence-electron chi connectivity index (χ3n) is 3.29. The minimum atomic E-state index is -0.124. The lowest BCUT2D eigenvalue weighted by molar-refractivity contribution is -0.122. The molecular weight excluding hydrogens is 254 g/mol. The number of ether oxygens (including phenoxy) is 1.